The third-order valence-electron chi connectivity index (χ3n) is 3.71. The highest BCUT2D eigenvalue weighted by molar-refractivity contribution is 7.09. The fraction of sp³-hybridized carbons (Fsp3) is 0.312. The molecule has 110 valence electrons. The first-order chi connectivity index (χ1) is 10.2. The van der Waals surface area contributed by atoms with E-state index >= 15 is 0 Å². The van der Waals surface area contributed by atoms with Gasteiger partial charge in [0, 0.05) is 23.5 Å². The van der Waals surface area contributed by atoms with Gasteiger partial charge in [0.1, 0.15) is 5.82 Å². The lowest BCUT2D eigenvalue weighted by atomic mass is 10.3. The third-order valence-corrected chi connectivity index (χ3v) is 4.80. The minimum Gasteiger partial charge on any atom is -0.330 e. The molecule has 0 radical (unpaired) electrons. The van der Waals surface area contributed by atoms with E-state index in [1.165, 1.54) is 4.88 Å². The Morgan fingerprint density at radius 3 is 2.86 bits per heavy atom. The molecule has 0 saturated heterocycles. The lowest BCUT2D eigenvalue weighted by Gasteiger charge is -2.19. The number of hydrogen-bond acceptors (Lipinski definition) is 3. The van der Waals surface area contributed by atoms with Crippen molar-refractivity contribution in [3.63, 3.8) is 0 Å². The molecule has 0 saturated carbocycles. The van der Waals surface area contributed by atoms with E-state index < -0.39 is 0 Å². The average molecular weight is 320 g/mol. The van der Waals surface area contributed by atoms with Crippen LogP contribution in [0.15, 0.2) is 35.7 Å². The van der Waals surface area contributed by atoms with Gasteiger partial charge in [0.2, 0.25) is 0 Å². The largest absolute Gasteiger partial charge is 0.330 e. The number of hydrogen-bond donors (Lipinski definition) is 0. The Morgan fingerprint density at radius 2 is 2.14 bits per heavy atom. The van der Waals surface area contributed by atoms with Gasteiger partial charge >= 0.3 is 0 Å². The molecular weight excluding hydrogens is 302 g/mol. The first-order valence-electron chi connectivity index (χ1n) is 7.03. The zero-order chi connectivity index (χ0) is 14.8. The number of aromatic nitrogens is 2. The first-order valence-corrected chi connectivity index (χ1v) is 8.28. The highest BCUT2D eigenvalue weighted by atomic mass is 35.5. The molecule has 0 spiro atoms. The second kappa shape index (κ2) is 6.18. The van der Waals surface area contributed by atoms with Gasteiger partial charge in [-0.3, -0.25) is 4.90 Å². The molecule has 3 aromatic rings. The minimum atomic E-state index is 0.734. The number of fused-ring (bicyclic) bond motifs is 1. The van der Waals surface area contributed by atoms with Crippen LogP contribution in [0.2, 0.25) is 5.02 Å². The molecule has 0 unspecified atom stereocenters. The number of rotatable bonds is 5. The van der Waals surface area contributed by atoms with Gasteiger partial charge in [-0.05, 0) is 36.2 Å². The van der Waals surface area contributed by atoms with Gasteiger partial charge in [-0.2, -0.15) is 0 Å². The number of aryl methyl sites for hydroxylation is 1. The lowest BCUT2D eigenvalue weighted by Crippen LogP contribution is -2.23. The summed E-state index contributed by atoms with van der Waals surface area (Å²) in [5.74, 6) is 1.07. The van der Waals surface area contributed by atoms with Crippen molar-refractivity contribution in [2.45, 2.75) is 20.0 Å². The van der Waals surface area contributed by atoms with Crippen LogP contribution in [0, 0.1) is 0 Å². The molecule has 0 bridgehead atoms. The standard InChI is InChI=1S/C16H18ClN3S/c1-3-20(10-13-5-4-8-21-13)11-16-18-14-9-12(17)6-7-15(14)19(16)2/h4-9H,3,10-11H2,1-2H3. The molecule has 3 nitrogen and oxygen atoms in total. The molecule has 5 heteroatoms. The van der Waals surface area contributed by atoms with E-state index in [2.05, 4.69) is 41.0 Å². The Bertz CT molecular complexity index is 733. The maximum atomic E-state index is 6.05. The summed E-state index contributed by atoms with van der Waals surface area (Å²) in [6, 6.07) is 10.2. The summed E-state index contributed by atoms with van der Waals surface area (Å²) in [5, 5.41) is 2.86. The number of nitrogens with zero attached hydrogens (tertiary/aromatic N) is 3. The maximum absolute atomic E-state index is 6.05. The van der Waals surface area contributed by atoms with Gasteiger partial charge in [-0.25, -0.2) is 4.98 Å². The molecule has 21 heavy (non-hydrogen) atoms. The van der Waals surface area contributed by atoms with E-state index in [1.807, 2.05) is 18.2 Å². The van der Waals surface area contributed by atoms with Crippen molar-refractivity contribution in [3.8, 4) is 0 Å². The van der Waals surface area contributed by atoms with Crippen molar-refractivity contribution in [2.24, 2.45) is 7.05 Å². The predicted octanol–water partition coefficient (Wildman–Crippen LogP) is 4.31. The quantitative estimate of drug-likeness (QED) is 0.698. The van der Waals surface area contributed by atoms with E-state index in [0.29, 0.717) is 0 Å². The molecule has 3 rings (SSSR count). The molecule has 0 aliphatic heterocycles. The Labute approximate surface area is 133 Å². The first kappa shape index (κ1) is 14.6. The highest BCUT2D eigenvalue weighted by Gasteiger charge is 2.12. The third kappa shape index (κ3) is 3.12. The zero-order valence-electron chi connectivity index (χ0n) is 12.2. The second-order valence-electron chi connectivity index (χ2n) is 5.10. The monoisotopic (exact) mass is 319 g/mol. The summed E-state index contributed by atoms with van der Waals surface area (Å²) in [4.78, 5) is 8.52. The van der Waals surface area contributed by atoms with Crippen molar-refractivity contribution in [1.29, 1.82) is 0 Å². The van der Waals surface area contributed by atoms with E-state index in [-0.39, 0.29) is 0 Å². The van der Waals surface area contributed by atoms with Crippen LogP contribution < -0.4 is 0 Å². The smallest absolute Gasteiger partial charge is 0.123 e. The van der Waals surface area contributed by atoms with Crippen LogP contribution >= 0.6 is 22.9 Å². The molecule has 0 atom stereocenters. The van der Waals surface area contributed by atoms with Gasteiger partial charge in [-0.1, -0.05) is 24.6 Å². The van der Waals surface area contributed by atoms with Crippen molar-refractivity contribution in [1.82, 2.24) is 14.5 Å². The second-order valence-corrected chi connectivity index (χ2v) is 6.57. The van der Waals surface area contributed by atoms with Gasteiger partial charge in [0.15, 0.2) is 0 Å². The molecule has 2 aromatic heterocycles. The summed E-state index contributed by atoms with van der Waals surface area (Å²) in [6.45, 7) is 5.00. The fourth-order valence-electron chi connectivity index (χ4n) is 2.47. The topological polar surface area (TPSA) is 21.1 Å². The van der Waals surface area contributed by atoms with Gasteiger partial charge in [-0.15, -0.1) is 11.3 Å². The van der Waals surface area contributed by atoms with Crippen LogP contribution in [0.3, 0.4) is 0 Å². The molecule has 0 fully saturated rings. The van der Waals surface area contributed by atoms with Gasteiger partial charge < -0.3 is 4.57 Å². The molecule has 2 heterocycles. The van der Waals surface area contributed by atoms with Crippen LogP contribution in [-0.4, -0.2) is 21.0 Å². The van der Waals surface area contributed by atoms with E-state index in [9.17, 15) is 0 Å². The highest BCUT2D eigenvalue weighted by Crippen LogP contribution is 2.21. The molecule has 0 N–H and O–H groups in total. The Morgan fingerprint density at radius 1 is 1.29 bits per heavy atom. The summed E-state index contributed by atoms with van der Waals surface area (Å²) >= 11 is 7.85. The van der Waals surface area contributed by atoms with Crippen LogP contribution in [0.25, 0.3) is 11.0 Å². The Hall–Kier alpha value is -1.36. The Balaban J connectivity index is 1.84. The van der Waals surface area contributed by atoms with Crippen LogP contribution in [0.1, 0.15) is 17.6 Å². The van der Waals surface area contributed by atoms with E-state index in [1.54, 1.807) is 11.3 Å². The molecular formula is C16H18ClN3S. The Kier molecular flexibility index (Phi) is 4.29. The van der Waals surface area contributed by atoms with Crippen LogP contribution in [-0.2, 0) is 20.1 Å². The summed E-state index contributed by atoms with van der Waals surface area (Å²) in [6.07, 6.45) is 0. The minimum absolute atomic E-state index is 0.734. The number of benzene rings is 1. The predicted molar refractivity (Wildman–Crippen MR) is 89.8 cm³/mol. The van der Waals surface area contributed by atoms with Crippen molar-refractivity contribution in [2.75, 3.05) is 6.54 Å². The molecule has 0 amide bonds. The molecule has 0 aliphatic rings. The van der Waals surface area contributed by atoms with Gasteiger partial charge in [0.05, 0.1) is 17.6 Å². The summed E-state index contributed by atoms with van der Waals surface area (Å²) < 4.78 is 2.16. The van der Waals surface area contributed by atoms with Crippen molar-refractivity contribution in [3.05, 3.63) is 51.4 Å². The fourth-order valence-corrected chi connectivity index (χ4v) is 3.38. The van der Waals surface area contributed by atoms with Crippen LogP contribution in [0.4, 0.5) is 0 Å². The number of halogens is 1. The van der Waals surface area contributed by atoms with Gasteiger partial charge in [0.25, 0.3) is 0 Å². The SMILES string of the molecule is CCN(Cc1cccs1)Cc1nc2cc(Cl)ccc2n1C. The van der Waals surface area contributed by atoms with Crippen molar-refractivity contribution >= 4 is 34.0 Å². The van der Waals surface area contributed by atoms with Crippen LogP contribution in [0.5, 0.6) is 0 Å². The summed E-state index contributed by atoms with van der Waals surface area (Å²) in [7, 11) is 2.07. The lowest BCUT2D eigenvalue weighted by molar-refractivity contribution is 0.264. The van der Waals surface area contributed by atoms with Crippen molar-refractivity contribution < 1.29 is 0 Å². The summed E-state index contributed by atoms with van der Waals surface area (Å²) in [5.41, 5.74) is 2.09. The zero-order valence-corrected chi connectivity index (χ0v) is 13.8. The normalized spacial score (nSPS) is 11.6. The van der Waals surface area contributed by atoms with E-state index in [4.69, 9.17) is 16.6 Å². The molecule has 1 aromatic carbocycles. The average Bonchev–Trinajstić information content (AvgIpc) is 3.07. The molecule has 0 aliphatic carbocycles. The maximum Gasteiger partial charge on any atom is 0.123 e. The number of imidazole rings is 1. The van der Waals surface area contributed by atoms with E-state index in [0.717, 1.165) is 41.5 Å². The number of thiophene rings is 1.